The predicted molar refractivity (Wildman–Crippen MR) is 173 cm³/mol. The summed E-state index contributed by atoms with van der Waals surface area (Å²) in [6.07, 6.45) is -0.714. The summed E-state index contributed by atoms with van der Waals surface area (Å²) in [4.78, 5) is 31.0. The molecular weight excluding hydrogens is 666 g/mol. The SMILES string of the molecule is C=C[C@H]1[C@H](O[C@@H]2O[C@H](CO)[C@@H](O)C(O)(O)[C@H]2OCNC)OC=C(C(=O)OC)[C@H]1/C=C/C1=CN(CCO)CC(C(=O)O)=C1NC(N)=NCCCO. The number of aliphatic hydroxyl groups is 6. The second kappa shape index (κ2) is 18.9. The van der Waals surface area contributed by atoms with E-state index in [2.05, 4.69) is 22.2 Å². The molecule has 1 saturated heterocycles. The van der Waals surface area contributed by atoms with E-state index in [-0.39, 0.29) is 68.0 Å². The molecule has 19 nitrogen and oxygen atoms in total. The zero-order valence-electron chi connectivity index (χ0n) is 27.8. The lowest BCUT2D eigenvalue weighted by Gasteiger charge is -2.47. The molecule has 11 N–H and O–H groups in total. The lowest BCUT2D eigenvalue weighted by atomic mass is 9.83. The van der Waals surface area contributed by atoms with Gasteiger partial charge >= 0.3 is 11.9 Å². The molecule has 0 aromatic carbocycles. The van der Waals surface area contributed by atoms with Crippen LogP contribution in [0.1, 0.15) is 6.42 Å². The Morgan fingerprint density at radius 2 is 1.98 bits per heavy atom. The number of nitrogens with zero attached hydrogens (tertiary/aromatic N) is 2. The largest absolute Gasteiger partial charge is 0.478 e. The van der Waals surface area contributed by atoms with E-state index in [1.807, 2.05) is 0 Å². The van der Waals surface area contributed by atoms with Crippen molar-refractivity contribution in [2.75, 3.05) is 60.3 Å². The van der Waals surface area contributed by atoms with Crippen molar-refractivity contribution in [2.45, 2.75) is 43.1 Å². The Labute approximate surface area is 288 Å². The van der Waals surface area contributed by atoms with Crippen molar-refractivity contribution in [3.8, 4) is 0 Å². The number of β-amino-alcohol motifs (C(OH)–C–C–N with tert-alkyl or cyclic N) is 1. The van der Waals surface area contributed by atoms with Gasteiger partial charge in [-0.15, -0.1) is 6.58 Å². The zero-order valence-corrected chi connectivity index (χ0v) is 27.8. The van der Waals surface area contributed by atoms with E-state index in [1.54, 1.807) is 17.2 Å². The van der Waals surface area contributed by atoms with Crippen LogP contribution in [0.25, 0.3) is 0 Å². The van der Waals surface area contributed by atoms with E-state index in [0.717, 1.165) is 13.4 Å². The first-order chi connectivity index (χ1) is 23.9. The number of allylic oxidation sites excluding steroid dienone is 2. The topological polar surface area (TPSA) is 288 Å². The number of nitrogens with one attached hydrogen (secondary N) is 2. The van der Waals surface area contributed by atoms with Crippen molar-refractivity contribution in [3.63, 3.8) is 0 Å². The van der Waals surface area contributed by atoms with Crippen molar-refractivity contribution < 1.29 is 69.0 Å². The standard InChI is InChI=1S/C31H47N5O14/c1-4-18-19(7-6-17-12-36(9-11-38)13-20(26(41)42)23(17)35-30(32)34-8-5-10-37)21(27(43)46-3)15-47-28(18)50-29-25(48-16-33-2)31(44,45)24(40)22(14-39)49-29/h4,6-7,12,15,18-19,22,24-25,28-29,33,37-40,44-45H,1,5,8-11,13-14,16H2,2-3H3,(H,41,42)(H3,32,34,35)/b7-6+/t18-,19+,22-,24-,25+,28+,29+/m1/s1. The summed E-state index contributed by atoms with van der Waals surface area (Å²) >= 11 is 0. The van der Waals surface area contributed by atoms with Crippen LogP contribution in [0.5, 0.6) is 0 Å². The van der Waals surface area contributed by atoms with Gasteiger partial charge < -0.3 is 75.4 Å². The molecule has 3 rings (SSSR count). The summed E-state index contributed by atoms with van der Waals surface area (Å²) in [5.74, 6) is -6.95. The highest BCUT2D eigenvalue weighted by molar-refractivity contribution is 5.92. The Morgan fingerprint density at radius 3 is 2.58 bits per heavy atom. The molecular formula is C31H47N5O14. The summed E-state index contributed by atoms with van der Waals surface area (Å²) in [7, 11) is 2.69. The van der Waals surface area contributed by atoms with Gasteiger partial charge in [-0.3, -0.25) is 10.3 Å². The van der Waals surface area contributed by atoms with Gasteiger partial charge in [-0.25, -0.2) is 9.59 Å². The van der Waals surface area contributed by atoms with E-state index in [4.69, 9.17) is 34.5 Å². The van der Waals surface area contributed by atoms with Crippen LogP contribution in [-0.4, -0.2) is 156 Å². The number of aliphatic hydroxyl groups excluding tert-OH is 4. The number of carbonyl (C=O) groups is 2. The molecule has 0 aliphatic carbocycles. The first kappa shape index (κ1) is 40.5. The molecule has 280 valence electrons. The molecule has 0 unspecified atom stereocenters. The highest BCUT2D eigenvalue weighted by atomic mass is 16.8. The number of guanidine groups is 1. The number of ether oxygens (including phenoxy) is 5. The van der Waals surface area contributed by atoms with Crippen LogP contribution in [-0.2, 0) is 33.3 Å². The number of carbonyl (C=O) groups excluding carboxylic acids is 1. The Morgan fingerprint density at radius 1 is 1.24 bits per heavy atom. The van der Waals surface area contributed by atoms with E-state index < -0.39 is 67.1 Å². The average Bonchev–Trinajstić information content (AvgIpc) is 3.09. The fourth-order valence-corrected chi connectivity index (χ4v) is 5.44. The molecule has 3 aliphatic rings. The fourth-order valence-electron chi connectivity index (χ4n) is 5.44. The molecule has 0 aromatic rings. The van der Waals surface area contributed by atoms with Gasteiger partial charge in [0.1, 0.15) is 12.2 Å². The van der Waals surface area contributed by atoms with Crippen molar-refractivity contribution in [2.24, 2.45) is 22.6 Å². The third-order valence-electron chi connectivity index (χ3n) is 7.98. The molecule has 0 saturated carbocycles. The van der Waals surface area contributed by atoms with Crippen LogP contribution >= 0.6 is 0 Å². The van der Waals surface area contributed by atoms with Crippen LogP contribution in [0.2, 0.25) is 0 Å². The number of aliphatic carboxylic acids is 1. The van der Waals surface area contributed by atoms with Gasteiger partial charge in [0.15, 0.2) is 18.4 Å². The van der Waals surface area contributed by atoms with Gasteiger partial charge in [-0.1, -0.05) is 18.2 Å². The highest BCUT2D eigenvalue weighted by Crippen LogP contribution is 2.38. The molecule has 0 amide bonds. The molecule has 0 aromatic heterocycles. The number of carboxylic acid groups (broad SMARTS) is 1. The monoisotopic (exact) mass is 713 g/mol. The first-order valence-corrected chi connectivity index (χ1v) is 15.6. The lowest BCUT2D eigenvalue weighted by Crippen LogP contribution is -2.69. The molecule has 50 heavy (non-hydrogen) atoms. The van der Waals surface area contributed by atoms with Crippen LogP contribution in [0, 0.1) is 11.8 Å². The molecule has 3 aliphatic heterocycles. The number of esters is 1. The molecule has 0 bridgehead atoms. The zero-order chi connectivity index (χ0) is 37.0. The van der Waals surface area contributed by atoms with Gasteiger partial charge in [0.25, 0.3) is 0 Å². The molecule has 19 heteroatoms. The van der Waals surface area contributed by atoms with Crippen LogP contribution in [0.15, 0.2) is 64.7 Å². The number of rotatable bonds is 17. The third-order valence-corrected chi connectivity index (χ3v) is 7.98. The number of hydrogen-bond donors (Lipinski definition) is 10. The van der Waals surface area contributed by atoms with Gasteiger partial charge in [-0.2, -0.15) is 0 Å². The minimum atomic E-state index is -2.94. The highest BCUT2D eigenvalue weighted by Gasteiger charge is 2.57. The van der Waals surface area contributed by atoms with Crippen molar-refractivity contribution in [3.05, 3.63) is 59.7 Å². The maximum atomic E-state index is 12.9. The minimum Gasteiger partial charge on any atom is -0.478 e. The van der Waals surface area contributed by atoms with Crippen molar-refractivity contribution in [1.82, 2.24) is 15.5 Å². The maximum absolute atomic E-state index is 12.9. The van der Waals surface area contributed by atoms with Crippen molar-refractivity contribution in [1.29, 1.82) is 0 Å². The molecule has 3 heterocycles. The van der Waals surface area contributed by atoms with Crippen LogP contribution in [0.3, 0.4) is 0 Å². The summed E-state index contributed by atoms with van der Waals surface area (Å²) in [5.41, 5.74) is 6.31. The van der Waals surface area contributed by atoms with E-state index >= 15 is 0 Å². The number of carboxylic acids is 1. The average molecular weight is 714 g/mol. The predicted octanol–water partition coefficient (Wildman–Crippen LogP) is -3.47. The minimum absolute atomic E-state index is 0.00835. The number of methoxy groups -OCH3 is 1. The van der Waals surface area contributed by atoms with Gasteiger partial charge in [0.2, 0.25) is 12.1 Å². The number of hydrogen-bond acceptors (Lipinski definition) is 16. The summed E-state index contributed by atoms with van der Waals surface area (Å²) in [5, 5.41) is 76.0. The van der Waals surface area contributed by atoms with Gasteiger partial charge in [0, 0.05) is 37.4 Å². The Hall–Kier alpha value is -3.89. The van der Waals surface area contributed by atoms with Crippen molar-refractivity contribution >= 4 is 17.9 Å². The Bertz CT molecular complexity index is 1350. The quantitative estimate of drug-likeness (QED) is 0.0175. The van der Waals surface area contributed by atoms with Gasteiger partial charge in [-0.05, 0) is 13.5 Å². The maximum Gasteiger partial charge on any atom is 0.337 e. The second-order valence-electron chi connectivity index (χ2n) is 11.3. The Kier molecular flexibility index (Phi) is 15.3. The molecule has 7 atom stereocenters. The summed E-state index contributed by atoms with van der Waals surface area (Å²) in [6, 6.07) is 0. The molecule has 1 fully saturated rings. The van der Waals surface area contributed by atoms with Crippen LogP contribution < -0.4 is 16.4 Å². The van der Waals surface area contributed by atoms with Crippen LogP contribution in [0.4, 0.5) is 0 Å². The normalized spacial score (nSPS) is 28.5. The number of nitrogens with two attached hydrogens (primary N) is 1. The summed E-state index contributed by atoms with van der Waals surface area (Å²) < 4.78 is 27.9. The molecule has 0 spiro atoms. The molecule has 0 radical (unpaired) electrons. The third kappa shape index (κ3) is 9.66. The summed E-state index contributed by atoms with van der Waals surface area (Å²) in [6.45, 7) is 2.61. The number of aliphatic imine (C=N–C) groups is 1. The lowest BCUT2D eigenvalue weighted by molar-refractivity contribution is -0.410. The first-order valence-electron chi connectivity index (χ1n) is 15.6. The Balaban J connectivity index is 2.05. The smallest absolute Gasteiger partial charge is 0.337 e. The fraction of sp³-hybridized carbons (Fsp3) is 0.581. The van der Waals surface area contributed by atoms with E-state index in [1.165, 1.54) is 19.2 Å². The second-order valence-corrected chi connectivity index (χ2v) is 11.3. The van der Waals surface area contributed by atoms with E-state index in [9.17, 15) is 40.2 Å². The van der Waals surface area contributed by atoms with Gasteiger partial charge in [0.05, 0.1) is 62.6 Å². The van der Waals surface area contributed by atoms with E-state index in [0.29, 0.717) is 6.42 Å².